The van der Waals surface area contributed by atoms with Gasteiger partial charge in [-0.2, -0.15) is 0 Å². The second-order valence-corrected chi connectivity index (χ2v) is 4.99. The first-order valence-corrected chi connectivity index (χ1v) is 6.64. The minimum atomic E-state index is 0.821. The van der Waals surface area contributed by atoms with Gasteiger partial charge in [0.05, 0.1) is 11.4 Å². The van der Waals surface area contributed by atoms with Crippen molar-refractivity contribution >= 4 is 15.9 Å². The van der Waals surface area contributed by atoms with E-state index in [1.54, 1.807) is 0 Å². The van der Waals surface area contributed by atoms with Gasteiger partial charge in [0, 0.05) is 15.6 Å². The lowest BCUT2D eigenvalue weighted by atomic mass is 10.1. The van der Waals surface area contributed by atoms with E-state index in [0.29, 0.717) is 0 Å². The minimum absolute atomic E-state index is 0.821. The Balaban J connectivity index is 2.03. The maximum Gasteiger partial charge on any atom is 0.0969 e. The Morgan fingerprint density at radius 1 is 0.684 bits per heavy atom. The summed E-state index contributed by atoms with van der Waals surface area (Å²) in [4.78, 5) is 0. The Kier molecular flexibility index (Phi) is 3.33. The van der Waals surface area contributed by atoms with E-state index in [4.69, 9.17) is 0 Å². The van der Waals surface area contributed by atoms with E-state index in [2.05, 4.69) is 31.3 Å². The molecule has 0 N–H and O–H groups in total. The van der Waals surface area contributed by atoms with Crippen molar-refractivity contribution in [1.82, 2.24) is 15.4 Å². The first-order chi connectivity index (χ1) is 9.33. The molecule has 0 atom stereocenters. The molecule has 0 bridgehead atoms. The molecule has 92 valence electrons. The standard InChI is InChI=1S/C15H10BrN3/c16-13-8-6-12(7-9-13)15-10-14(17-19-18-15)11-4-2-1-3-5-11/h1-10H. The highest BCUT2D eigenvalue weighted by Crippen LogP contribution is 2.23. The van der Waals surface area contributed by atoms with Crippen molar-refractivity contribution in [3.63, 3.8) is 0 Å². The Morgan fingerprint density at radius 3 is 1.89 bits per heavy atom. The monoisotopic (exact) mass is 311 g/mol. The van der Waals surface area contributed by atoms with Crippen LogP contribution in [-0.2, 0) is 0 Å². The molecule has 0 unspecified atom stereocenters. The van der Waals surface area contributed by atoms with Gasteiger partial charge in [-0.15, -0.1) is 10.2 Å². The highest BCUT2D eigenvalue weighted by Gasteiger charge is 2.04. The highest BCUT2D eigenvalue weighted by molar-refractivity contribution is 9.10. The molecule has 3 rings (SSSR count). The molecule has 0 aliphatic carbocycles. The molecule has 19 heavy (non-hydrogen) atoms. The van der Waals surface area contributed by atoms with Gasteiger partial charge in [0.2, 0.25) is 0 Å². The van der Waals surface area contributed by atoms with Crippen LogP contribution in [0, 0.1) is 0 Å². The molecule has 0 saturated heterocycles. The molecule has 3 aromatic rings. The lowest BCUT2D eigenvalue weighted by Gasteiger charge is -2.03. The highest BCUT2D eigenvalue weighted by atomic mass is 79.9. The van der Waals surface area contributed by atoms with Gasteiger partial charge in [0.25, 0.3) is 0 Å². The van der Waals surface area contributed by atoms with E-state index in [1.807, 2.05) is 60.7 Å². The molecule has 0 radical (unpaired) electrons. The van der Waals surface area contributed by atoms with Crippen LogP contribution in [0.4, 0.5) is 0 Å². The van der Waals surface area contributed by atoms with E-state index in [0.717, 1.165) is 27.0 Å². The fourth-order valence-electron chi connectivity index (χ4n) is 1.82. The van der Waals surface area contributed by atoms with Crippen molar-refractivity contribution in [3.05, 3.63) is 65.1 Å². The topological polar surface area (TPSA) is 38.7 Å². The van der Waals surface area contributed by atoms with E-state index in [1.165, 1.54) is 0 Å². The molecule has 0 fully saturated rings. The zero-order valence-electron chi connectivity index (χ0n) is 9.99. The van der Waals surface area contributed by atoms with Crippen LogP contribution in [0.1, 0.15) is 0 Å². The first kappa shape index (κ1) is 12.0. The summed E-state index contributed by atoms with van der Waals surface area (Å²) in [5.74, 6) is 0. The summed E-state index contributed by atoms with van der Waals surface area (Å²) in [6.45, 7) is 0. The third-order valence-electron chi connectivity index (χ3n) is 2.79. The first-order valence-electron chi connectivity index (χ1n) is 5.85. The van der Waals surface area contributed by atoms with Crippen molar-refractivity contribution in [1.29, 1.82) is 0 Å². The van der Waals surface area contributed by atoms with E-state index < -0.39 is 0 Å². The lowest BCUT2D eigenvalue weighted by Crippen LogP contribution is -1.94. The molecular weight excluding hydrogens is 302 g/mol. The maximum atomic E-state index is 4.09. The fraction of sp³-hybridized carbons (Fsp3) is 0. The molecule has 0 spiro atoms. The summed E-state index contributed by atoms with van der Waals surface area (Å²) in [7, 11) is 0. The van der Waals surface area contributed by atoms with Crippen LogP contribution in [0.5, 0.6) is 0 Å². The predicted molar refractivity (Wildman–Crippen MR) is 78.4 cm³/mol. The maximum absolute atomic E-state index is 4.09. The number of benzene rings is 2. The molecule has 0 saturated carbocycles. The zero-order chi connectivity index (χ0) is 13.1. The molecule has 0 aliphatic rings. The summed E-state index contributed by atoms with van der Waals surface area (Å²) < 4.78 is 1.04. The van der Waals surface area contributed by atoms with E-state index in [9.17, 15) is 0 Å². The van der Waals surface area contributed by atoms with Gasteiger partial charge in [-0.1, -0.05) is 58.4 Å². The Labute approximate surface area is 119 Å². The smallest absolute Gasteiger partial charge is 0.0969 e. The Hall–Kier alpha value is -2.07. The molecule has 0 aliphatic heterocycles. The van der Waals surface area contributed by atoms with Gasteiger partial charge < -0.3 is 0 Å². The predicted octanol–water partition coefficient (Wildman–Crippen LogP) is 3.97. The van der Waals surface area contributed by atoms with Gasteiger partial charge in [-0.05, 0) is 23.4 Å². The molecule has 0 amide bonds. The summed E-state index contributed by atoms with van der Waals surface area (Å²) >= 11 is 3.42. The van der Waals surface area contributed by atoms with Crippen molar-refractivity contribution in [2.24, 2.45) is 0 Å². The number of nitrogens with zero attached hydrogens (tertiary/aromatic N) is 3. The lowest BCUT2D eigenvalue weighted by molar-refractivity contribution is 0.876. The molecule has 1 aromatic heterocycles. The molecule has 3 nitrogen and oxygen atoms in total. The van der Waals surface area contributed by atoms with Crippen LogP contribution in [-0.4, -0.2) is 15.4 Å². The number of rotatable bonds is 2. The van der Waals surface area contributed by atoms with Crippen molar-refractivity contribution in [2.75, 3.05) is 0 Å². The van der Waals surface area contributed by atoms with Gasteiger partial charge in [-0.25, -0.2) is 0 Å². The molecular formula is C15H10BrN3. The van der Waals surface area contributed by atoms with Crippen molar-refractivity contribution in [2.45, 2.75) is 0 Å². The zero-order valence-corrected chi connectivity index (χ0v) is 11.6. The van der Waals surface area contributed by atoms with Gasteiger partial charge in [0.1, 0.15) is 0 Å². The van der Waals surface area contributed by atoms with Gasteiger partial charge in [-0.3, -0.25) is 0 Å². The van der Waals surface area contributed by atoms with E-state index in [-0.39, 0.29) is 0 Å². The van der Waals surface area contributed by atoms with Crippen LogP contribution >= 0.6 is 15.9 Å². The van der Waals surface area contributed by atoms with Crippen LogP contribution in [0.25, 0.3) is 22.5 Å². The second kappa shape index (κ2) is 5.28. The number of halogens is 1. The minimum Gasteiger partial charge on any atom is -0.130 e. The fourth-order valence-corrected chi connectivity index (χ4v) is 2.08. The van der Waals surface area contributed by atoms with E-state index >= 15 is 0 Å². The third-order valence-corrected chi connectivity index (χ3v) is 3.32. The Bertz CT molecular complexity index is 681. The number of hydrogen-bond donors (Lipinski definition) is 0. The van der Waals surface area contributed by atoms with Crippen LogP contribution in [0.2, 0.25) is 0 Å². The average molecular weight is 312 g/mol. The quantitative estimate of drug-likeness (QED) is 0.719. The third kappa shape index (κ3) is 2.69. The van der Waals surface area contributed by atoms with Crippen LogP contribution < -0.4 is 0 Å². The molecule has 2 aromatic carbocycles. The molecule has 1 heterocycles. The summed E-state index contributed by atoms with van der Waals surface area (Å²) in [6, 6.07) is 19.9. The summed E-state index contributed by atoms with van der Waals surface area (Å²) in [6.07, 6.45) is 0. The number of aromatic nitrogens is 3. The number of hydrogen-bond acceptors (Lipinski definition) is 3. The second-order valence-electron chi connectivity index (χ2n) is 4.08. The molecule has 4 heteroatoms. The van der Waals surface area contributed by atoms with Crippen molar-refractivity contribution in [3.8, 4) is 22.5 Å². The van der Waals surface area contributed by atoms with Crippen LogP contribution in [0.15, 0.2) is 65.1 Å². The van der Waals surface area contributed by atoms with Gasteiger partial charge >= 0.3 is 0 Å². The van der Waals surface area contributed by atoms with Gasteiger partial charge in [0.15, 0.2) is 0 Å². The van der Waals surface area contributed by atoms with Crippen LogP contribution in [0.3, 0.4) is 0 Å². The normalized spacial score (nSPS) is 10.4. The van der Waals surface area contributed by atoms with Crippen molar-refractivity contribution < 1.29 is 0 Å². The Morgan fingerprint density at radius 2 is 1.26 bits per heavy atom. The summed E-state index contributed by atoms with van der Waals surface area (Å²) in [5, 5.41) is 12.0. The summed E-state index contributed by atoms with van der Waals surface area (Å²) in [5.41, 5.74) is 3.71. The largest absolute Gasteiger partial charge is 0.130 e. The average Bonchev–Trinajstić information content (AvgIpc) is 2.49. The SMILES string of the molecule is Brc1ccc(-c2cc(-c3ccccc3)nnn2)cc1.